The molecule has 1 unspecified atom stereocenters. The van der Waals surface area contributed by atoms with Gasteiger partial charge in [0, 0.05) is 13.0 Å². The zero-order chi connectivity index (χ0) is 13.4. The maximum atomic E-state index is 11.6. The summed E-state index contributed by atoms with van der Waals surface area (Å²) in [4.78, 5) is 23.2. The van der Waals surface area contributed by atoms with E-state index in [-0.39, 0.29) is 17.7 Å². The maximum Gasteiger partial charge on any atom is 0.242 e. The Balaban J connectivity index is 4.24. The summed E-state index contributed by atoms with van der Waals surface area (Å²) in [5, 5.41) is 5.38. The van der Waals surface area contributed by atoms with Crippen LogP contribution >= 0.6 is 0 Å². The Labute approximate surface area is 105 Å². The average molecular weight is 242 g/mol. The highest BCUT2D eigenvalue weighted by Gasteiger charge is 2.20. The molecule has 1 atom stereocenters. The van der Waals surface area contributed by atoms with Crippen molar-refractivity contribution >= 4 is 11.8 Å². The molecule has 0 saturated carbocycles. The molecule has 0 rings (SSSR count). The summed E-state index contributed by atoms with van der Waals surface area (Å²) >= 11 is 0. The molecule has 0 aromatic rings. The van der Waals surface area contributed by atoms with Crippen LogP contribution in [0, 0.1) is 11.8 Å². The van der Waals surface area contributed by atoms with Crippen LogP contribution in [-0.2, 0) is 9.59 Å². The summed E-state index contributed by atoms with van der Waals surface area (Å²) in [5.41, 5.74) is 0. The first-order valence-electron chi connectivity index (χ1n) is 6.40. The van der Waals surface area contributed by atoms with E-state index in [1.54, 1.807) is 7.05 Å². The van der Waals surface area contributed by atoms with Crippen molar-refractivity contribution in [2.75, 3.05) is 7.05 Å². The lowest BCUT2D eigenvalue weighted by molar-refractivity contribution is -0.130. The largest absolute Gasteiger partial charge is 0.357 e. The van der Waals surface area contributed by atoms with Gasteiger partial charge in [-0.25, -0.2) is 0 Å². The molecule has 0 spiro atoms. The van der Waals surface area contributed by atoms with Crippen molar-refractivity contribution in [1.82, 2.24) is 10.6 Å². The van der Waals surface area contributed by atoms with Crippen LogP contribution < -0.4 is 10.6 Å². The SMILES string of the molecule is CNC(=O)C(CCCC(C)C)NC(=O)C(C)C. The monoisotopic (exact) mass is 242 g/mol. The van der Waals surface area contributed by atoms with Gasteiger partial charge in [-0.15, -0.1) is 0 Å². The van der Waals surface area contributed by atoms with E-state index in [2.05, 4.69) is 24.5 Å². The number of rotatable bonds is 7. The lowest BCUT2D eigenvalue weighted by Crippen LogP contribution is -2.46. The van der Waals surface area contributed by atoms with Gasteiger partial charge in [-0.1, -0.05) is 40.5 Å². The Bertz CT molecular complexity index is 250. The van der Waals surface area contributed by atoms with E-state index < -0.39 is 6.04 Å². The second-order valence-electron chi connectivity index (χ2n) is 5.15. The molecular weight excluding hydrogens is 216 g/mol. The Morgan fingerprint density at radius 3 is 2.00 bits per heavy atom. The van der Waals surface area contributed by atoms with E-state index in [0.29, 0.717) is 12.3 Å². The van der Waals surface area contributed by atoms with Crippen LogP contribution in [0.15, 0.2) is 0 Å². The molecule has 4 nitrogen and oxygen atoms in total. The Hall–Kier alpha value is -1.06. The summed E-state index contributed by atoms with van der Waals surface area (Å²) in [5.74, 6) is 0.360. The highest BCUT2D eigenvalue weighted by Crippen LogP contribution is 2.09. The molecular formula is C13H26N2O2. The van der Waals surface area contributed by atoms with E-state index in [1.165, 1.54) is 0 Å². The van der Waals surface area contributed by atoms with Crippen molar-refractivity contribution in [3.05, 3.63) is 0 Å². The van der Waals surface area contributed by atoms with Gasteiger partial charge in [-0.2, -0.15) is 0 Å². The van der Waals surface area contributed by atoms with Gasteiger partial charge in [0.25, 0.3) is 0 Å². The maximum absolute atomic E-state index is 11.6. The fraction of sp³-hybridized carbons (Fsp3) is 0.846. The van der Waals surface area contributed by atoms with Gasteiger partial charge in [0.15, 0.2) is 0 Å². The first-order chi connectivity index (χ1) is 7.88. The third-order valence-electron chi connectivity index (χ3n) is 2.68. The second kappa shape index (κ2) is 8.09. The van der Waals surface area contributed by atoms with E-state index in [0.717, 1.165) is 12.8 Å². The molecule has 0 aliphatic rings. The molecule has 17 heavy (non-hydrogen) atoms. The van der Waals surface area contributed by atoms with E-state index in [4.69, 9.17) is 0 Å². The normalized spacial score (nSPS) is 12.6. The highest BCUT2D eigenvalue weighted by atomic mass is 16.2. The molecule has 0 aromatic heterocycles. The van der Waals surface area contributed by atoms with Crippen molar-refractivity contribution in [3.63, 3.8) is 0 Å². The molecule has 0 aromatic carbocycles. The Kier molecular flexibility index (Phi) is 7.59. The molecule has 0 bridgehead atoms. The van der Waals surface area contributed by atoms with Crippen LogP contribution in [-0.4, -0.2) is 24.9 Å². The van der Waals surface area contributed by atoms with Gasteiger partial charge in [0.05, 0.1) is 0 Å². The van der Waals surface area contributed by atoms with E-state index in [9.17, 15) is 9.59 Å². The van der Waals surface area contributed by atoms with Crippen molar-refractivity contribution in [3.8, 4) is 0 Å². The molecule has 100 valence electrons. The van der Waals surface area contributed by atoms with Crippen molar-refractivity contribution in [1.29, 1.82) is 0 Å². The predicted octanol–water partition coefficient (Wildman–Crippen LogP) is 1.70. The van der Waals surface area contributed by atoms with Crippen LogP contribution in [0.2, 0.25) is 0 Å². The summed E-state index contributed by atoms with van der Waals surface area (Å²) in [6.07, 6.45) is 2.73. The smallest absolute Gasteiger partial charge is 0.242 e. The summed E-state index contributed by atoms with van der Waals surface area (Å²) in [7, 11) is 1.60. The number of nitrogens with one attached hydrogen (secondary N) is 2. The Morgan fingerprint density at radius 2 is 1.59 bits per heavy atom. The minimum atomic E-state index is -0.395. The quantitative estimate of drug-likeness (QED) is 0.714. The fourth-order valence-electron chi connectivity index (χ4n) is 1.51. The number of carbonyl (C=O) groups is 2. The van der Waals surface area contributed by atoms with Gasteiger partial charge < -0.3 is 10.6 Å². The first-order valence-corrected chi connectivity index (χ1v) is 6.40. The zero-order valence-electron chi connectivity index (χ0n) is 11.7. The summed E-state index contributed by atoms with van der Waals surface area (Å²) < 4.78 is 0. The lowest BCUT2D eigenvalue weighted by atomic mass is 10.0. The van der Waals surface area contributed by atoms with Crippen LogP contribution in [0.5, 0.6) is 0 Å². The van der Waals surface area contributed by atoms with Crippen molar-refractivity contribution in [2.24, 2.45) is 11.8 Å². The van der Waals surface area contributed by atoms with Crippen LogP contribution in [0.1, 0.15) is 47.0 Å². The number of hydrogen-bond acceptors (Lipinski definition) is 2. The third-order valence-corrected chi connectivity index (χ3v) is 2.68. The fourth-order valence-corrected chi connectivity index (χ4v) is 1.51. The number of amides is 2. The molecule has 2 N–H and O–H groups in total. The summed E-state index contributed by atoms with van der Waals surface area (Å²) in [6.45, 7) is 7.96. The average Bonchev–Trinajstić information content (AvgIpc) is 2.25. The van der Waals surface area contributed by atoms with Gasteiger partial charge in [-0.3, -0.25) is 9.59 Å². The predicted molar refractivity (Wildman–Crippen MR) is 69.5 cm³/mol. The zero-order valence-corrected chi connectivity index (χ0v) is 11.7. The highest BCUT2D eigenvalue weighted by molar-refractivity contribution is 5.88. The topological polar surface area (TPSA) is 58.2 Å². The first kappa shape index (κ1) is 15.9. The third kappa shape index (κ3) is 6.97. The number of carbonyl (C=O) groups excluding carboxylic acids is 2. The number of hydrogen-bond donors (Lipinski definition) is 2. The van der Waals surface area contributed by atoms with Gasteiger partial charge in [0.2, 0.25) is 11.8 Å². The molecule has 0 aliphatic carbocycles. The van der Waals surface area contributed by atoms with Gasteiger partial charge >= 0.3 is 0 Å². The lowest BCUT2D eigenvalue weighted by Gasteiger charge is -2.19. The molecule has 0 radical (unpaired) electrons. The number of likely N-dealkylation sites (N-methyl/N-ethyl adjacent to an activating group) is 1. The summed E-state index contributed by atoms with van der Waals surface area (Å²) in [6, 6.07) is -0.395. The van der Waals surface area contributed by atoms with E-state index in [1.807, 2.05) is 13.8 Å². The van der Waals surface area contributed by atoms with Crippen LogP contribution in [0.3, 0.4) is 0 Å². The standard InChI is InChI=1S/C13H26N2O2/c1-9(2)7-6-8-11(13(17)14-5)15-12(16)10(3)4/h9-11H,6-8H2,1-5H3,(H,14,17)(H,15,16). The van der Waals surface area contributed by atoms with Crippen LogP contribution in [0.4, 0.5) is 0 Å². The van der Waals surface area contributed by atoms with Gasteiger partial charge in [0.1, 0.15) is 6.04 Å². The van der Waals surface area contributed by atoms with E-state index >= 15 is 0 Å². The Morgan fingerprint density at radius 1 is 1.00 bits per heavy atom. The van der Waals surface area contributed by atoms with Crippen molar-refractivity contribution in [2.45, 2.75) is 53.0 Å². The molecule has 4 heteroatoms. The second-order valence-corrected chi connectivity index (χ2v) is 5.15. The van der Waals surface area contributed by atoms with Crippen LogP contribution in [0.25, 0.3) is 0 Å². The molecule has 0 aliphatic heterocycles. The molecule has 0 saturated heterocycles. The molecule has 0 fully saturated rings. The van der Waals surface area contributed by atoms with Crippen molar-refractivity contribution < 1.29 is 9.59 Å². The molecule has 0 heterocycles. The van der Waals surface area contributed by atoms with Gasteiger partial charge in [-0.05, 0) is 12.3 Å². The minimum absolute atomic E-state index is 0.0665. The molecule has 2 amide bonds. The minimum Gasteiger partial charge on any atom is -0.357 e.